The monoisotopic (exact) mass is 389 g/mol. The van der Waals surface area contributed by atoms with Crippen molar-refractivity contribution in [1.82, 2.24) is 10.3 Å². The van der Waals surface area contributed by atoms with E-state index in [1.165, 1.54) is 0 Å². The smallest absolute Gasteiger partial charge is 0.355 e. The third kappa shape index (κ3) is 5.59. The molecule has 0 fully saturated rings. The number of aromatic amines is 1. The van der Waals surface area contributed by atoms with Crippen LogP contribution in [0.15, 0.2) is 85.6 Å². The number of ether oxygens (including phenoxy) is 1. The molecule has 0 spiro atoms. The Balaban J connectivity index is 1.72. The topological polar surface area (TPSA) is 74.4 Å². The van der Waals surface area contributed by atoms with Gasteiger partial charge in [-0.3, -0.25) is 4.90 Å². The summed E-state index contributed by atoms with van der Waals surface area (Å²) in [5.74, 6) is -0.480. The Labute approximate surface area is 169 Å². The van der Waals surface area contributed by atoms with Gasteiger partial charge in [0, 0.05) is 12.7 Å². The Morgan fingerprint density at radius 2 is 1.69 bits per heavy atom. The first-order valence-corrected chi connectivity index (χ1v) is 9.27. The van der Waals surface area contributed by atoms with E-state index in [2.05, 4.69) is 16.9 Å². The van der Waals surface area contributed by atoms with Gasteiger partial charge in [0.2, 0.25) is 0 Å². The van der Waals surface area contributed by atoms with E-state index in [1.807, 2.05) is 60.7 Å². The highest BCUT2D eigenvalue weighted by atomic mass is 16.5. The molecular weight excluding hydrogens is 366 g/mol. The minimum Gasteiger partial charge on any atom is -0.456 e. The summed E-state index contributed by atoms with van der Waals surface area (Å²) in [7, 11) is 0. The summed E-state index contributed by atoms with van der Waals surface area (Å²) in [4.78, 5) is 29.5. The number of hydrogen-bond acceptors (Lipinski definition) is 3. The summed E-state index contributed by atoms with van der Waals surface area (Å²) in [5, 5.41) is 2.78. The van der Waals surface area contributed by atoms with Gasteiger partial charge in [0.25, 0.3) is 0 Å². The first kappa shape index (κ1) is 19.9. The molecule has 6 nitrogen and oxygen atoms in total. The number of nitrogens with one attached hydrogen (secondary N) is 2. The van der Waals surface area contributed by atoms with Crippen molar-refractivity contribution in [1.29, 1.82) is 0 Å². The van der Waals surface area contributed by atoms with Gasteiger partial charge < -0.3 is 15.0 Å². The van der Waals surface area contributed by atoms with Crippen molar-refractivity contribution in [3.05, 3.63) is 102 Å². The lowest BCUT2D eigenvalue weighted by Crippen LogP contribution is -2.39. The number of H-pyrrole nitrogens is 1. The minimum atomic E-state index is -0.480. The van der Waals surface area contributed by atoms with Gasteiger partial charge in [-0.1, -0.05) is 66.7 Å². The fourth-order valence-electron chi connectivity index (χ4n) is 2.76. The van der Waals surface area contributed by atoms with Crippen molar-refractivity contribution in [3.63, 3.8) is 0 Å². The first-order valence-electron chi connectivity index (χ1n) is 9.27. The summed E-state index contributed by atoms with van der Waals surface area (Å²) in [6, 6.07) is 20.4. The lowest BCUT2D eigenvalue weighted by atomic mass is 10.2. The second kappa shape index (κ2) is 9.94. The van der Waals surface area contributed by atoms with Gasteiger partial charge >= 0.3 is 12.0 Å². The fourth-order valence-corrected chi connectivity index (χ4v) is 2.76. The predicted molar refractivity (Wildman–Crippen MR) is 113 cm³/mol. The minimum absolute atomic E-state index is 0.182. The molecule has 3 aromatic rings. The lowest BCUT2D eigenvalue weighted by Gasteiger charge is -2.21. The molecule has 1 aromatic heterocycles. The van der Waals surface area contributed by atoms with E-state index in [4.69, 9.17) is 4.74 Å². The number of amides is 2. The normalized spacial score (nSPS) is 10.2. The van der Waals surface area contributed by atoms with E-state index in [1.54, 1.807) is 23.2 Å². The molecule has 0 bridgehead atoms. The Hall–Kier alpha value is -3.80. The molecule has 2 aromatic carbocycles. The van der Waals surface area contributed by atoms with E-state index < -0.39 is 5.97 Å². The molecule has 0 radical (unpaired) electrons. The zero-order chi connectivity index (χ0) is 20.5. The highest BCUT2D eigenvalue weighted by Crippen LogP contribution is 2.20. The van der Waals surface area contributed by atoms with E-state index in [0.29, 0.717) is 18.8 Å². The van der Waals surface area contributed by atoms with Crippen molar-refractivity contribution in [2.45, 2.75) is 13.2 Å². The summed E-state index contributed by atoms with van der Waals surface area (Å²) in [6.45, 7) is 4.51. The number of carbonyl (C=O) groups is 2. The third-order valence-electron chi connectivity index (χ3n) is 4.24. The van der Waals surface area contributed by atoms with Crippen LogP contribution in [0.5, 0.6) is 0 Å². The molecule has 0 atom stereocenters. The number of aromatic nitrogens is 1. The second-order valence-electron chi connectivity index (χ2n) is 6.38. The van der Waals surface area contributed by atoms with Crippen LogP contribution in [0.4, 0.5) is 10.5 Å². The van der Waals surface area contributed by atoms with E-state index in [0.717, 1.165) is 11.1 Å². The molecule has 29 heavy (non-hydrogen) atoms. The van der Waals surface area contributed by atoms with Crippen LogP contribution in [-0.4, -0.2) is 23.5 Å². The number of carbonyl (C=O) groups excluding carboxylic acids is 2. The molecule has 148 valence electrons. The van der Waals surface area contributed by atoms with Crippen molar-refractivity contribution >= 4 is 17.7 Å². The number of hydrogen-bond donors (Lipinski definition) is 2. The zero-order valence-electron chi connectivity index (χ0n) is 16.0. The van der Waals surface area contributed by atoms with Gasteiger partial charge in [-0.25, -0.2) is 9.59 Å². The number of urea groups is 1. The van der Waals surface area contributed by atoms with E-state index in [9.17, 15) is 9.59 Å². The molecule has 1 heterocycles. The molecule has 0 unspecified atom stereocenters. The Morgan fingerprint density at radius 3 is 2.34 bits per heavy atom. The zero-order valence-corrected chi connectivity index (χ0v) is 16.0. The summed E-state index contributed by atoms with van der Waals surface area (Å²) >= 11 is 0. The lowest BCUT2D eigenvalue weighted by molar-refractivity contribution is 0.0466. The number of benzene rings is 2. The van der Waals surface area contributed by atoms with Crippen molar-refractivity contribution < 1.29 is 14.3 Å². The average Bonchev–Trinajstić information content (AvgIpc) is 3.25. The maximum absolute atomic E-state index is 12.6. The maximum atomic E-state index is 12.6. The molecule has 0 saturated carbocycles. The van der Waals surface area contributed by atoms with Crippen LogP contribution in [0.25, 0.3) is 0 Å². The van der Waals surface area contributed by atoms with Gasteiger partial charge in [0.15, 0.2) is 0 Å². The Kier molecular flexibility index (Phi) is 6.84. The van der Waals surface area contributed by atoms with Crippen molar-refractivity contribution in [2.75, 3.05) is 11.4 Å². The van der Waals surface area contributed by atoms with Crippen LogP contribution in [0.1, 0.15) is 21.6 Å². The SMILES string of the molecule is C=CCNC(=O)N(Cc1ccccc1)c1c[nH]c(C(=O)OCc2ccccc2)c1. The van der Waals surface area contributed by atoms with Crippen LogP contribution in [0.2, 0.25) is 0 Å². The largest absolute Gasteiger partial charge is 0.456 e. The fraction of sp³-hybridized carbons (Fsp3) is 0.130. The number of rotatable bonds is 8. The summed E-state index contributed by atoms with van der Waals surface area (Å²) in [6.07, 6.45) is 3.23. The van der Waals surface area contributed by atoms with E-state index in [-0.39, 0.29) is 18.3 Å². The average molecular weight is 389 g/mol. The van der Waals surface area contributed by atoms with Crippen molar-refractivity contribution in [3.8, 4) is 0 Å². The summed E-state index contributed by atoms with van der Waals surface area (Å²) < 4.78 is 5.35. The Morgan fingerprint density at radius 1 is 1.03 bits per heavy atom. The molecule has 3 rings (SSSR count). The van der Waals surface area contributed by atoms with Crippen LogP contribution >= 0.6 is 0 Å². The third-order valence-corrected chi connectivity index (χ3v) is 4.24. The van der Waals surface area contributed by atoms with Crippen molar-refractivity contribution in [2.24, 2.45) is 0 Å². The molecule has 0 saturated heterocycles. The molecular formula is C23H23N3O3. The van der Waals surface area contributed by atoms with Gasteiger partial charge in [0.05, 0.1) is 12.2 Å². The molecule has 0 aliphatic rings. The first-order chi connectivity index (χ1) is 14.2. The predicted octanol–water partition coefficient (Wildman–Crippen LogP) is 4.27. The molecule has 2 amide bonds. The van der Waals surface area contributed by atoms with Gasteiger partial charge in [-0.05, 0) is 17.2 Å². The Bertz CT molecular complexity index is 952. The van der Waals surface area contributed by atoms with Gasteiger partial charge in [0.1, 0.15) is 12.3 Å². The number of esters is 1. The number of anilines is 1. The van der Waals surface area contributed by atoms with Gasteiger partial charge in [-0.2, -0.15) is 0 Å². The van der Waals surface area contributed by atoms with Crippen LogP contribution in [0, 0.1) is 0 Å². The maximum Gasteiger partial charge on any atom is 0.355 e. The van der Waals surface area contributed by atoms with Gasteiger partial charge in [-0.15, -0.1) is 6.58 Å². The molecule has 6 heteroatoms. The van der Waals surface area contributed by atoms with Crippen LogP contribution < -0.4 is 10.2 Å². The highest BCUT2D eigenvalue weighted by Gasteiger charge is 2.19. The summed E-state index contributed by atoms with van der Waals surface area (Å²) in [5.41, 5.74) is 2.73. The quantitative estimate of drug-likeness (QED) is 0.446. The molecule has 2 N–H and O–H groups in total. The highest BCUT2D eigenvalue weighted by molar-refractivity contribution is 5.95. The number of nitrogens with zero attached hydrogens (tertiary/aromatic N) is 1. The standard InChI is InChI=1S/C23H23N3O3/c1-2-13-24-23(28)26(16-18-9-5-3-6-10-18)20-14-21(25-15-20)22(27)29-17-19-11-7-4-8-12-19/h2-12,14-15,25H,1,13,16-17H2,(H,24,28). The second-order valence-corrected chi connectivity index (χ2v) is 6.38. The van der Waals surface area contributed by atoms with Crippen LogP contribution in [-0.2, 0) is 17.9 Å². The van der Waals surface area contributed by atoms with E-state index >= 15 is 0 Å². The van der Waals surface area contributed by atoms with Crippen LogP contribution in [0.3, 0.4) is 0 Å². The molecule has 0 aliphatic carbocycles. The molecule has 0 aliphatic heterocycles.